The Hall–Kier alpha value is -1.46. The molecule has 1 atom stereocenters. The molecular formula is C13H17ClN2O3. The molecule has 1 aliphatic heterocycles. The number of piperidine rings is 1. The summed E-state index contributed by atoms with van der Waals surface area (Å²) in [6.45, 7) is 1.01. The Balaban J connectivity index is 2.02. The molecule has 1 aromatic rings. The molecule has 2 rings (SSSR count). The number of amides is 2. The predicted octanol–water partition coefficient (Wildman–Crippen LogP) is 2.34. The normalized spacial score (nSPS) is 19.1. The van der Waals surface area contributed by atoms with Gasteiger partial charge < -0.3 is 20.1 Å². The first-order valence-corrected chi connectivity index (χ1v) is 6.55. The van der Waals surface area contributed by atoms with Crippen LogP contribution >= 0.6 is 11.6 Å². The van der Waals surface area contributed by atoms with Crippen molar-refractivity contribution in [2.75, 3.05) is 25.5 Å². The number of aliphatic hydroxyl groups excluding tert-OH is 1. The lowest BCUT2D eigenvalue weighted by Crippen LogP contribution is -2.44. The van der Waals surface area contributed by atoms with Crippen LogP contribution < -0.4 is 10.1 Å². The number of nitrogens with one attached hydrogen (secondary N) is 1. The van der Waals surface area contributed by atoms with Gasteiger partial charge in [0, 0.05) is 19.2 Å². The number of rotatable bonds is 2. The molecule has 0 saturated carbocycles. The molecule has 1 saturated heterocycles. The van der Waals surface area contributed by atoms with Crippen LogP contribution in [0.4, 0.5) is 10.5 Å². The third kappa shape index (κ3) is 3.52. The second-order valence-corrected chi connectivity index (χ2v) is 4.93. The van der Waals surface area contributed by atoms with Crippen molar-refractivity contribution in [1.29, 1.82) is 0 Å². The molecule has 0 aliphatic carbocycles. The molecule has 1 aliphatic rings. The monoisotopic (exact) mass is 284 g/mol. The predicted molar refractivity (Wildman–Crippen MR) is 73.8 cm³/mol. The minimum atomic E-state index is -0.439. The first-order chi connectivity index (χ1) is 9.10. The van der Waals surface area contributed by atoms with Gasteiger partial charge in [0.15, 0.2) is 0 Å². The van der Waals surface area contributed by atoms with E-state index in [1.807, 2.05) is 0 Å². The van der Waals surface area contributed by atoms with Gasteiger partial charge in [-0.3, -0.25) is 0 Å². The zero-order chi connectivity index (χ0) is 13.8. The SMILES string of the molecule is COc1ccc(NC(=O)N2CCCC(O)C2)c(Cl)c1. The van der Waals surface area contributed by atoms with E-state index in [1.54, 1.807) is 30.2 Å². The van der Waals surface area contributed by atoms with Crippen LogP contribution in [0.1, 0.15) is 12.8 Å². The van der Waals surface area contributed by atoms with Gasteiger partial charge in [-0.15, -0.1) is 0 Å². The number of ether oxygens (including phenoxy) is 1. The second-order valence-electron chi connectivity index (χ2n) is 4.52. The van der Waals surface area contributed by atoms with Crippen molar-refractivity contribution in [3.63, 3.8) is 0 Å². The molecule has 0 radical (unpaired) electrons. The molecule has 0 aromatic heterocycles. The number of urea groups is 1. The van der Waals surface area contributed by atoms with Gasteiger partial charge in [0.25, 0.3) is 0 Å². The highest BCUT2D eigenvalue weighted by molar-refractivity contribution is 6.33. The molecule has 5 nitrogen and oxygen atoms in total. The summed E-state index contributed by atoms with van der Waals surface area (Å²) in [5.41, 5.74) is 0.535. The van der Waals surface area contributed by atoms with E-state index in [0.29, 0.717) is 29.5 Å². The Labute approximate surface area is 117 Å². The zero-order valence-corrected chi connectivity index (χ0v) is 11.5. The van der Waals surface area contributed by atoms with E-state index in [9.17, 15) is 9.90 Å². The summed E-state index contributed by atoms with van der Waals surface area (Å²) in [5, 5.41) is 12.7. The van der Waals surface area contributed by atoms with E-state index in [-0.39, 0.29) is 6.03 Å². The van der Waals surface area contributed by atoms with Gasteiger partial charge in [-0.25, -0.2) is 4.79 Å². The van der Waals surface area contributed by atoms with E-state index in [0.717, 1.165) is 12.8 Å². The Bertz CT molecular complexity index is 467. The van der Waals surface area contributed by atoms with Crippen LogP contribution in [0.3, 0.4) is 0 Å². The van der Waals surface area contributed by atoms with Crippen molar-refractivity contribution in [3.8, 4) is 5.75 Å². The van der Waals surface area contributed by atoms with Crippen molar-refractivity contribution in [2.24, 2.45) is 0 Å². The van der Waals surface area contributed by atoms with Crippen molar-refractivity contribution in [2.45, 2.75) is 18.9 Å². The standard InChI is InChI=1S/C13H17ClN2O3/c1-19-10-4-5-12(11(14)7-10)15-13(18)16-6-2-3-9(17)8-16/h4-5,7,9,17H,2-3,6,8H2,1H3,(H,15,18). The summed E-state index contributed by atoms with van der Waals surface area (Å²) in [5.74, 6) is 0.636. The first-order valence-electron chi connectivity index (χ1n) is 6.17. The number of hydrogen-bond donors (Lipinski definition) is 2. The molecule has 1 heterocycles. The van der Waals surface area contributed by atoms with Crippen molar-refractivity contribution in [3.05, 3.63) is 23.2 Å². The summed E-state index contributed by atoms with van der Waals surface area (Å²) in [7, 11) is 1.55. The highest BCUT2D eigenvalue weighted by Crippen LogP contribution is 2.27. The maximum Gasteiger partial charge on any atom is 0.321 e. The van der Waals surface area contributed by atoms with Crippen LogP contribution in [0, 0.1) is 0 Å². The molecule has 0 bridgehead atoms. The highest BCUT2D eigenvalue weighted by atomic mass is 35.5. The fourth-order valence-electron chi connectivity index (χ4n) is 2.06. The average Bonchev–Trinajstić information content (AvgIpc) is 2.41. The second kappa shape index (κ2) is 6.12. The third-order valence-corrected chi connectivity index (χ3v) is 3.41. The number of methoxy groups -OCH3 is 1. The topological polar surface area (TPSA) is 61.8 Å². The number of carbonyl (C=O) groups is 1. The van der Waals surface area contributed by atoms with Gasteiger partial charge in [0.05, 0.1) is 23.9 Å². The minimum Gasteiger partial charge on any atom is -0.497 e. The Morgan fingerprint density at radius 3 is 3.00 bits per heavy atom. The summed E-state index contributed by atoms with van der Waals surface area (Å²) >= 11 is 6.06. The molecular weight excluding hydrogens is 268 g/mol. The van der Waals surface area contributed by atoms with Gasteiger partial charge in [0.1, 0.15) is 5.75 Å². The molecule has 1 fully saturated rings. The van der Waals surface area contributed by atoms with Gasteiger partial charge in [0.2, 0.25) is 0 Å². The molecule has 6 heteroatoms. The number of nitrogens with zero attached hydrogens (tertiary/aromatic N) is 1. The number of carbonyl (C=O) groups excluding carboxylic acids is 1. The Morgan fingerprint density at radius 2 is 2.37 bits per heavy atom. The number of halogens is 1. The maximum atomic E-state index is 12.0. The quantitative estimate of drug-likeness (QED) is 0.876. The third-order valence-electron chi connectivity index (χ3n) is 3.10. The van der Waals surface area contributed by atoms with Crippen molar-refractivity contribution in [1.82, 2.24) is 4.90 Å². The molecule has 2 amide bonds. The number of aliphatic hydroxyl groups is 1. The summed E-state index contributed by atoms with van der Waals surface area (Å²) in [6.07, 6.45) is 1.11. The summed E-state index contributed by atoms with van der Waals surface area (Å²) in [4.78, 5) is 13.6. The number of likely N-dealkylation sites (tertiary alicyclic amines) is 1. The summed E-state index contributed by atoms with van der Waals surface area (Å²) < 4.78 is 5.04. The Morgan fingerprint density at radius 1 is 1.58 bits per heavy atom. The summed E-state index contributed by atoms with van der Waals surface area (Å²) in [6, 6.07) is 4.82. The van der Waals surface area contributed by atoms with Crippen molar-refractivity contribution < 1.29 is 14.6 Å². The van der Waals surface area contributed by atoms with Gasteiger partial charge >= 0.3 is 6.03 Å². The number of hydrogen-bond acceptors (Lipinski definition) is 3. The average molecular weight is 285 g/mol. The lowest BCUT2D eigenvalue weighted by atomic mass is 10.1. The fourth-order valence-corrected chi connectivity index (χ4v) is 2.28. The molecule has 1 unspecified atom stereocenters. The van der Waals surface area contributed by atoms with Crippen LogP contribution in [0.5, 0.6) is 5.75 Å². The lowest BCUT2D eigenvalue weighted by Gasteiger charge is -2.30. The molecule has 104 valence electrons. The van der Waals surface area contributed by atoms with Crippen molar-refractivity contribution >= 4 is 23.3 Å². The maximum absolute atomic E-state index is 12.0. The van der Waals surface area contributed by atoms with Crippen LogP contribution in [0.15, 0.2) is 18.2 Å². The fraction of sp³-hybridized carbons (Fsp3) is 0.462. The Kier molecular flexibility index (Phi) is 4.50. The molecule has 19 heavy (non-hydrogen) atoms. The smallest absolute Gasteiger partial charge is 0.321 e. The van der Waals surface area contributed by atoms with Crippen LogP contribution in [-0.2, 0) is 0 Å². The van der Waals surface area contributed by atoms with E-state index in [4.69, 9.17) is 16.3 Å². The van der Waals surface area contributed by atoms with Crippen LogP contribution in [0.2, 0.25) is 5.02 Å². The van der Waals surface area contributed by atoms with Gasteiger partial charge in [-0.1, -0.05) is 11.6 Å². The van der Waals surface area contributed by atoms with Gasteiger partial charge in [-0.05, 0) is 25.0 Å². The largest absolute Gasteiger partial charge is 0.497 e. The van der Waals surface area contributed by atoms with E-state index >= 15 is 0 Å². The minimum absolute atomic E-state index is 0.245. The van der Waals surface area contributed by atoms with Crippen LogP contribution in [-0.4, -0.2) is 42.3 Å². The molecule has 0 spiro atoms. The van der Waals surface area contributed by atoms with Crippen LogP contribution in [0.25, 0.3) is 0 Å². The lowest BCUT2D eigenvalue weighted by molar-refractivity contribution is 0.0883. The zero-order valence-electron chi connectivity index (χ0n) is 10.7. The van der Waals surface area contributed by atoms with Gasteiger partial charge in [-0.2, -0.15) is 0 Å². The number of β-amino-alcohol motifs (C(OH)–C–C–N with tert-alkyl or cyclic N) is 1. The van der Waals surface area contributed by atoms with E-state index in [1.165, 1.54) is 0 Å². The molecule has 1 aromatic carbocycles. The molecule has 2 N–H and O–H groups in total. The number of anilines is 1. The first kappa shape index (κ1) is 14.0. The van der Waals surface area contributed by atoms with E-state index in [2.05, 4.69) is 5.32 Å². The van der Waals surface area contributed by atoms with E-state index < -0.39 is 6.10 Å². The highest BCUT2D eigenvalue weighted by Gasteiger charge is 2.22. The number of benzene rings is 1.